The Morgan fingerprint density at radius 3 is 2.42 bits per heavy atom. The van der Waals surface area contributed by atoms with Crippen LogP contribution in [0.1, 0.15) is 50.3 Å². The first kappa shape index (κ1) is 18.9. The number of hydrogen-bond donors (Lipinski definition) is 0. The fourth-order valence-corrected chi connectivity index (χ4v) is 3.89. The number of ether oxygens (including phenoxy) is 1. The average molecular weight is 420 g/mol. The highest BCUT2D eigenvalue weighted by atomic mass is 79.9. The Hall–Kier alpha value is -1.88. The molecule has 0 saturated carbocycles. The minimum Gasteiger partial charge on any atom is -0.438 e. The van der Waals surface area contributed by atoms with Gasteiger partial charge >= 0.3 is 6.09 Å². The van der Waals surface area contributed by atoms with Crippen molar-refractivity contribution in [1.82, 2.24) is 4.90 Å². The van der Waals surface area contributed by atoms with Gasteiger partial charge in [0.2, 0.25) is 0 Å². The molecule has 0 spiro atoms. The second-order valence-electron chi connectivity index (χ2n) is 6.79. The van der Waals surface area contributed by atoms with Crippen LogP contribution >= 0.6 is 15.9 Å². The summed E-state index contributed by atoms with van der Waals surface area (Å²) in [5.41, 5.74) is 1.26. The smallest absolute Gasteiger partial charge is 0.411 e. The second kappa shape index (κ2) is 7.78. The van der Waals surface area contributed by atoms with Crippen molar-refractivity contribution in [3.05, 3.63) is 69.9 Å². The van der Waals surface area contributed by atoms with Gasteiger partial charge in [0.25, 0.3) is 0 Å². The second-order valence-corrected chi connectivity index (χ2v) is 7.71. The van der Waals surface area contributed by atoms with Crippen LogP contribution in [-0.4, -0.2) is 17.5 Å². The van der Waals surface area contributed by atoms with E-state index in [1.54, 1.807) is 17.0 Å². The van der Waals surface area contributed by atoms with Gasteiger partial charge in [0.1, 0.15) is 11.4 Å². The van der Waals surface area contributed by atoms with Crippen LogP contribution in [0, 0.1) is 5.82 Å². The van der Waals surface area contributed by atoms with Gasteiger partial charge in [0.15, 0.2) is 0 Å². The molecule has 2 aromatic rings. The molecule has 3 rings (SSSR count). The fraction of sp³-hybridized carbons (Fsp3) is 0.381. The quantitative estimate of drug-likeness (QED) is 0.578. The van der Waals surface area contributed by atoms with E-state index in [1.807, 2.05) is 31.2 Å². The van der Waals surface area contributed by atoms with Gasteiger partial charge in [-0.1, -0.05) is 53.5 Å². The number of nitrogens with zero attached hydrogens (tertiary/aromatic N) is 1. The normalized spacial score (nSPS) is 21.4. The highest BCUT2D eigenvalue weighted by Gasteiger charge is 2.42. The average Bonchev–Trinajstić information content (AvgIpc) is 2.63. The van der Waals surface area contributed by atoms with Gasteiger partial charge in [-0.05, 0) is 48.7 Å². The molecule has 0 N–H and O–H groups in total. The summed E-state index contributed by atoms with van der Waals surface area (Å²) in [6.07, 6.45) is 1.99. The molecular formula is C21H23BrFNO2. The number of cyclic esters (lactones) is 1. The molecule has 0 radical (unpaired) electrons. The van der Waals surface area contributed by atoms with Crippen molar-refractivity contribution in [2.24, 2.45) is 0 Å². The molecule has 1 saturated heterocycles. The lowest BCUT2D eigenvalue weighted by Crippen LogP contribution is -2.48. The van der Waals surface area contributed by atoms with Gasteiger partial charge < -0.3 is 9.64 Å². The third-order valence-corrected chi connectivity index (χ3v) is 5.65. The van der Waals surface area contributed by atoms with Gasteiger partial charge in [-0.15, -0.1) is 0 Å². The molecule has 26 heavy (non-hydrogen) atoms. The third kappa shape index (κ3) is 3.78. The Labute approximate surface area is 162 Å². The highest BCUT2D eigenvalue weighted by molar-refractivity contribution is 9.10. The van der Waals surface area contributed by atoms with Crippen LogP contribution in [0.3, 0.4) is 0 Å². The van der Waals surface area contributed by atoms with Crippen molar-refractivity contribution in [1.29, 1.82) is 0 Å². The number of carbonyl (C=O) groups excluding carboxylic acids is 1. The molecule has 1 heterocycles. The number of hydrogen-bond acceptors (Lipinski definition) is 2. The van der Waals surface area contributed by atoms with Crippen LogP contribution in [0.5, 0.6) is 0 Å². The Balaban J connectivity index is 1.81. The standard InChI is InChI=1S/C21H23BrFNO2/c1-3-12-21(17-6-10-19(23)11-7-17)13-14-24(20(25)26-21)15(2)16-4-8-18(22)9-5-16/h4-11,15H,3,12-14H2,1-2H3/t15-,21+/m0/s1. The zero-order valence-electron chi connectivity index (χ0n) is 15.0. The summed E-state index contributed by atoms with van der Waals surface area (Å²) in [6.45, 7) is 4.68. The molecule has 1 aliphatic rings. The molecule has 2 aromatic carbocycles. The first-order chi connectivity index (χ1) is 12.4. The molecule has 0 bridgehead atoms. The summed E-state index contributed by atoms with van der Waals surface area (Å²) in [7, 11) is 0. The number of amides is 1. The van der Waals surface area contributed by atoms with Crippen molar-refractivity contribution in [2.75, 3.05) is 6.54 Å². The number of benzene rings is 2. The fourth-order valence-electron chi connectivity index (χ4n) is 3.62. The van der Waals surface area contributed by atoms with E-state index in [0.717, 1.165) is 28.4 Å². The van der Waals surface area contributed by atoms with Crippen LogP contribution in [0.4, 0.5) is 9.18 Å². The van der Waals surface area contributed by atoms with Gasteiger partial charge in [-0.25, -0.2) is 9.18 Å². The van der Waals surface area contributed by atoms with Crippen LogP contribution in [0.25, 0.3) is 0 Å². The first-order valence-electron chi connectivity index (χ1n) is 8.96. The molecule has 1 fully saturated rings. The van der Waals surface area contributed by atoms with E-state index in [4.69, 9.17) is 4.74 Å². The van der Waals surface area contributed by atoms with E-state index in [9.17, 15) is 9.18 Å². The van der Waals surface area contributed by atoms with Gasteiger partial charge in [-0.3, -0.25) is 0 Å². The maximum Gasteiger partial charge on any atom is 0.411 e. The molecule has 0 unspecified atom stereocenters. The zero-order chi connectivity index (χ0) is 18.7. The summed E-state index contributed by atoms with van der Waals surface area (Å²) in [5.74, 6) is -0.284. The lowest BCUT2D eigenvalue weighted by molar-refractivity contribution is -0.0658. The monoisotopic (exact) mass is 419 g/mol. The minimum absolute atomic E-state index is 0.0663. The third-order valence-electron chi connectivity index (χ3n) is 5.12. The predicted molar refractivity (Wildman–Crippen MR) is 103 cm³/mol. The Morgan fingerprint density at radius 2 is 1.85 bits per heavy atom. The molecule has 3 nitrogen and oxygen atoms in total. The lowest BCUT2D eigenvalue weighted by atomic mass is 9.84. The molecule has 138 valence electrons. The molecule has 1 aliphatic heterocycles. The molecule has 0 aromatic heterocycles. The van der Waals surface area contributed by atoms with Crippen molar-refractivity contribution in [3.8, 4) is 0 Å². The first-order valence-corrected chi connectivity index (χ1v) is 9.75. The van der Waals surface area contributed by atoms with E-state index < -0.39 is 5.60 Å². The van der Waals surface area contributed by atoms with E-state index in [-0.39, 0.29) is 18.0 Å². The molecule has 1 amide bonds. The summed E-state index contributed by atoms with van der Waals surface area (Å²) < 4.78 is 20.3. The highest BCUT2D eigenvalue weighted by Crippen LogP contribution is 2.40. The van der Waals surface area contributed by atoms with Crippen LogP contribution < -0.4 is 0 Å². The number of halogens is 2. The Morgan fingerprint density at radius 1 is 1.19 bits per heavy atom. The van der Waals surface area contributed by atoms with Crippen LogP contribution in [0.15, 0.2) is 53.0 Å². The number of rotatable bonds is 5. The predicted octanol–water partition coefficient (Wildman–Crippen LogP) is 6.19. The molecular weight excluding hydrogens is 397 g/mol. The van der Waals surface area contributed by atoms with Crippen molar-refractivity contribution < 1.29 is 13.9 Å². The van der Waals surface area contributed by atoms with Gasteiger partial charge in [0.05, 0.1) is 6.04 Å². The Kier molecular flexibility index (Phi) is 5.66. The molecule has 5 heteroatoms. The SMILES string of the molecule is CCC[C@]1(c2ccc(F)cc2)CCN([C@@H](C)c2ccc(Br)cc2)C(=O)O1. The topological polar surface area (TPSA) is 29.5 Å². The maximum absolute atomic E-state index is 13.3. The summed E-state index contributed by atoms with van der Waals surface area (Å²) in [5, 5.41) is 0. The van der Waals surface area contributed by atoms with Crippen LogP contribution in [-0.2, 0) is 10.3 Å². The van der Waals surface area contributed by atoms with Gasteiger partial charge in [0, 0.05) is 17.4 Å². The van der Waals surface area contributed by atoms with Crippen molar-refractivity contribution in [3.63, 3.8) is 0 Å². The molecule has 2 atom stereocenters. The van der Waals surface area contributed by atoms with E-state index in [0.29, 0.717) is 13.0 Å². The summed E-state index contributed by atoms with van der Waals surface area (Å²) >= 11 is 3.43. The Bertz CT molecular complexity index is 763. The summed E-state index contributed by atoms with van der Waals surface area (Å²) in [6, 6.07) is 14.2. The van der Waals surface area contributed by atoms with E-state index >= 15 is 0 Å². The van der Waals surface area contributed by atoms with Crippen molar-refractivity contribution >= 4 is 22.0 Å². The van der Waals surface area contributed by atoms with Crippen LogP contribution in [0.2, 0.25) is 0 Å². The minimum atomic E-state index is -0.671. The summed E-state index contributed by atoms with van der Waals surface area (Å²) in [4.78, 5) is 14.6. The van der Waals surface area contributed by atoms with E-state index in [2.05, 4.69) is 22.9 Å². The van der Waals surface area contributed by atoms with E-state index in [1.165, 1.54) is 12.1 Å². The largest absolute Gasteiger partial charge is 0.438 e. The maximum atomic E-state index is 13.3. The zero-order valence-corrected chi connectivity index (χ0v) is 16.6. The number of carbonyl (C=O) groups is 1. The molecule has 0 aliphatic carbocycles. The lowest BCUT2D eigenvalue weighted by Gasteiger charge is -2.43. The van der Waals surface area contributed by atoms with Gasteiger partial charge in [-0.2, -0.15) is 0 Å². The van der Waals surface area contributed by atoms with Crippen molar-refractivity contribution in [2.45, 2.75) is 44.8 Å².